The molecule has 190 valence electrons. The minimum absolute atomic E-state index is 0.398. The number of benzene rings is 2. The molecule has 4 atom stereocenters. The number of fused-ring (bicyclic) bond motifs is 2. The molecule has 1 aliphatic rings. The van der Waals surface area contributed by atoms with Crippen molar-refractivity contribution in [2.75, 3.05) is 18.5 Å². The van der Waals surface area contributed by atoms with Crippen LogP contribution in [0.2, 0.25) is 0 Å². The van der Waals surface area contributed by atoms with Crippen LogP contribution in [0.15, 0.2) is 73.4 Å². The van der Waals surface area contributed by atoms with E-state index >= 15 is 0 Å². The number of imidazole rings is 1. The number of nitrogens with zero attached hydrogens (tertiary/aromatic N) is 5. The Morgan fingerprint density at radius 2 is 1.76 bits per heavy atom. The minimum Gasteiger partial charge on any atom is -0.394 e. The molecule has 2 aromatic carbocycles. The summed E-state index contributed by atoms with van der Waals surface area (Å²) in [5.74, 6) is 0.573. The summed E-state index contributed by atoms with van der Waals surface area (Å²) in [4.78, 5) is 13.1. The van der Waals surface area contributed by atoms with Gasteiger partial charge in [-0.25, -0.2) is 15.0 Å². The highest BCUT2D eigenvalue weighted by Gasteiger charge is 2.44. The highest BCUT2D eigenvalue weighted by Crippen LogP contribution is 2.32. The summed E-state index contributed by atoms with van der Waals surface area (Å²) >= 11 is 0. The normalized spacial score (nSPS) is 21.7. The van der Waals surface area contributed by atoms with E-state index < -0.39 is 31.1 Å². The zero-order valence-corrected chi connectivity index (χ0v) is 20.1. The van der Waals surface area contributed by atoms with E-state index in [1.807, 2.05) is 6.07 Å². The first kappa shape index (κ1) is 23.6. The van der Waals surface area contributed by atoms with Crippen LogP contribution >= 0.6 is 0 Å². The molecule has 4 heterocycles. The summed E-state index contributed by atoms with van der Waals surface area (Å²) in [6, 6.07) is 18.8. The summed E-state index contributed by atoms with van der Waals surface area (Å²) in [5, 5.41) is 34.5. The lowest BCUT2D eigenvalue weighted by molar-refractivity contribution is -0.0511. The van der Waals surface area contributed by atoms with E-state index in [-0.39, 0.29) is 0 Å². The van der Waals surface area contributed by atoms with Gasteiger partial charge in [0.2, 0.25) is 0 Å². The van der Waals surface area contributed by atoms with Gasteiger partial charge in [0.05, 0.1) is 12.9 Å². The van der Waals surface area contributed by atoms with Gasteiger partial charge in [-0.2, -0.15) is 0 Å². The number of para-hydroxylation sites is 1. The number of anilines is 1. The summed E-state index contributed by atoms with van der Waals surface area (Å²) in [7, 11) is 0. The molecule has 0 radical (unpaired) electrons. The summed E-state index contributed by atoms with van der Waals surface area (Å²) < 4.78 is 9.48. The monoisotopic (exact) mass is 500 g/mol. The van der Waals surface area contributed by atoms with E-state index in [0.717, 1.165) is 13.0 Å². The first-order valence-electron chi connectivity index (χ1n) is 12.3. The number of aromatic nitrogens is 5. The van der Waals surface area contributed by atoms with E-state index in [0.29, 0.717) is 23.5 Å². The van der Waals surface area contributed by atoms with Gasteiger partial charge < -0.3 is 29.9 Å². The second-order valence-corrected chi connectivity index (χ2v) is 9.24. The van der Waals surface area contributed by atoms with Crippen LogP contribution in [-0.4, -0.2) is 70.9 Å². The molecule has 0 saturated carbocycles. The van der Waals surface area contributed by atoms with Crippen molar-refractivity contribution in [3.05, 3.63) is 84.6 Å². The minimum atomic E-state index is -1.21. The number of ether oxygens (including phenoxy) is 1. The Balaban J connectivity index is 1.20. The number of aliphatic hydroxyl groups excluding tert-OH is 3. The molecule has 1 saturated heterocycles. The fourth-order valence-electron chi connectivity index (χ4n) is 5.03. The number of aliphatic hydroxyl groups is 3. The van der Waals surface area contributed by atoms with E-state index in [1.54, 1.807) is 4.57 Å². The lowest BCUT2D eigenvalue weighted by Gasteiger charge is -2.16. The van der Waals surface area contributed by atoms with Crippen LogP contribution in [-0.2, 0) is 17.7 Å². The van der Waals surface area contributed by atoms with Crippen molar-refractivity contribution < 1.29 is 20.1 Å². The molecule has 37 heavy (non-hydrogen) atoms. The highest BCUT2D eigenvalue weighted by molar-refractivity contribution is 5.85. The molecule has 6 rings (SSSR count). The molecule has 0 spiro atoms. The van der Waals surface area contributed by atoms with Gasteiger partial charge >= 0.3 is 0 Å². The Morgan fingerprint density at radius 1 is 0.946 bits per heavy atom. The Kier molecular flexibility index (Phi) is 6.31. The van der Waals surface area contributed by atoms with Gasteiger partial charge in [0.25, 0.3) is 0 Å². The maximum absolute atomic E-state index is 10.4. The summed E-state index contributed by atoms with van der Waals surface area (Å²) in [6.45, 7) is 1.04. The zero-order chi connectivity index (χ0) is 25.4. The molecule has 0 aliphatic carbocycles. The van der Waals surface area contributed by atoms with Crippen LogP contribution in [0.1, 0.15) is 17.4 Å². The third-order valence-electron chi connectivity index (χ3n) is 6.90. The van der Waals surface area contributed by atoms with Gasteiger partial charge in [0.15, 0.2) is 23.2 Å². The van der Waals surface area contributed by atoms with Crippen LogP contribution in [0.4, 0.5) is 5.82 Å². The first-order valence-corrected chi connectivity index (χ1v) is 12.3. The maximum Gasteiger partial charge on any atom is 0.167 e. The summed E-state index contributed by atoms with van der Waals surface area (Å²) in [5.41, 5.74) is 4.68. The molecule has 4 N–H and O–H groups in total. The molecule has 1 aliphatic heterocycles. The van der Waals surface area contributed by atoms with Crippen molar-refractivity contribution in [1.82, 2.24) is 24.1 Å². The zero-order valence-electron chi connectivity index (χ0n) is 20.1. The number of rotatable bonds is 8. The third kappa shape index (κ3) is 4.34. The second kappa shape index (κ2) is 9.91. The number of nitrogens with one attached hydrogen (secondary N) is 1. The topological polar surface area (TPSA) is 130 Å². The molecule has 3 aromatic heterocycles. The SMILES string of the molecule is OC[C@H]1O[C@@H](n2cnc3c(NCCc4cn(Cc5ccccc5)c5ccccc45)ncnc32)[C@H](O)[C@@H]1O. The quantitative estimate of drug-likeness (QED) is 0.255. The fraction of sp³-hybridized carbons (Fsp3) is 0.296. The Bertz CT molecular complexity index is 1520. The summed E-state index contributed by atoms with van der Waals surface area (Å²) in [6.07, 6.45) is 1.73. The molecule has 0 unspecified atom stereocenters. The van der Waals surface area contributed by atoms with Gasteiger partial charge in [-0.3, -0.25) is 4.57 Å². The van der Waals surface area contributed by atoms with Crippen LogP contribution in [0.3, 0.4) is 0 Å². The third-order valence-corrected chi connectivity index (χ3v) is 6.90. The molecular weight excluding hydrogens is 472 g/mol. The number of hydrogen-bond acceptors (Lipinski definition) is 8. The molecule has 10 nitrogen and oxygen atoms in total. The average Bonchev–Trinajstić information content (AvgIpc) is 3.59. The van der Waals surface area contributed by atoms with Crippen molar-refractivity contribution in [1.29, 1.82) is 0 Å². The van der Waals surface area contributed by atoms with Gasteiger partial charge in [-0.1, -0.05) is 48.5 Å². The van der Waals surface area contributed by atoms with Crippen molar-refractivity contribution in [2.24, 2.45) is 0 Å². The van der Waals surface area contributed by atoms with Crippen molar-refractivity contribution in [3.63, 3.8) is 0 Å². The van der Waals surface area contributed by atoms with E-state index in [4.69, 9.17) is 4.74 Å². The second-order valence-electron chi connectivity index (χ2n) is 9.24. The predicted molar refractivity (Wildman–Crippen MR) is 138 cm³/mol. The van der Waals surface area contributed by atoms with Gasteiger partial charge in [-0.05, 0) is 23.6 Å². The fourth-order valence-corrected chi connectivity index (χ4v) is 5.03. The lowest BCUT2D eigenvalue weighted by atomic mass is 10.1. The highest BCUT2D eigenvalue weighted by atomic mass is 16.6. The lowest BCUT2D eigenvalue weighted by Crippen LogP contribution is -2.33. The van der Waals surface area contributed by atoms with Gasteiger partial charge in [0, 0.05) is 30.2 Å². The standard InChI is InChI=1S/C27H28N6O4/c34-14-21-23(35)24(36)27(37-21)33-16-31-22-25(29-15-30-26(22)33)28-11-10-18-13-32(12-17-6-2-1-3-7-17)20-9-5-4-8-19(18)20/h1-9,13,15-16,21,23-24,27,34-36H,10-12,14H2,(H,28,29,30)/t21-,23-,24-,27-/m1/s1. The van der Waals surface area contributed by atoms with Crippen LogP contribution < -0.4 is 5.32 Å². The maximum atomic E-state index is 10.4. The molecule has 0 amide bonds. The largest absolute Gasteiger partial charge is 0.394 e. The van der Waals surface area contributed by atoms with E-state index in [2.05, 4.69) is 79.6 Å². The van der Waals surface area contributed by atoms with E-state index in [1.165, 1.54) is 34.7 Å². The number of hydrogen-bond donors (Lipinski definition) is 4. The van der Waals surface area contributed by atoms with Crippen molar-refractivity contribution in [2.45, 2.75) is 37.5 Å². The Labute approximate surface area is 212 Å². The first-order chi connectivity index (χ1) is 18.1. The Morgan fingerprint density at radius 3 is 2.57 bits per heavy atom. The predicted octanol–water partition coefficient (Wildman–Crippen LogP) is 2.10. The molecule has 0 bridgehead atoms. The molecule has 1 fully saturated rings. The van der Waals surface area contributed by atoms with Gasteiger partial charge in [0.1, 0.15) is 24.6 Å². The van der Waals surface area contributed by atoms with Crippen LogP contribution in [0.25, 0.3) is 22.1 Å². The molecule has 10 heteroatoms. The van der Waals surface area contributed by atoms with Crippen molar-refractivity contribution >= 4 is 27.9 Å². The van der Waals surface area contributed by atoms with Gasteiger partial charge in [-0.15, -0.1) is 0 Å². The average molecular weight is 501 g/mol. The van der Waals surface area contributed by atoms with Crippen LogP contribution in [0.5, 0.6) is 0 Å². The molecule has 5 aromatic rings. The smallest absolute Gasteiger partial charge is 0.167 e. The molecular formula is C27H28N6O4. The Hall–Kier alpha value is -3.83. The van der Waals surface area contributed by atoms with E-state index in [9.17, 15) is 15.3 Å². The van der Waals surface area contributed by atoms with Crippen molar-refractivity contribution in [3.8, 4) is 0 Å². The van der Waals surface area contributed by atoms with Crippen LogP contribution in [0, 0.1) is 0 Å².